The average molecular weight is 218 g/mol. The number of para-hydroxylation sites is 1. The van der Waals surface area contributed by atoms with Crippen LogP contribution in [0.2, 0.25) is 0 Å². The molecule has 0 fully saturated rings. The summed E-state index contributed by atoms with van der Waals surface area (Å²) in [6.45, 7) is 1.75. The number of nitrogens with zero attached hydrogens (tertiary/aromatic N) is 3. The van der Waals surface area contributed by atoms with E-state index in [1.165, 1.54) is 12.8 Å². The Hall–Kier alpha value is -1.42. The molecule has 0 aliphatic heterocycles. The molecule has 4 heteroatoms. The van der Waals surface area contributed by atoms with Gasteiger partial charge in [0, 0.05) is 6.54 Å². The number of hydrogen-bond donors (Lipinski definition) is 1. The van der Waals surface area contributed by atoms with Crippen molar-refractivity contribution in [2.75, 3.05) is 6.54 Å². The monoisotopic (exact) mass is 218 g/mol. The fourth-order valence-electron chi connectivity index (χ4n) is 1.84. The second-order valence-corrected chi connectivity index (χ2v) is 4.00. The third-order valence-corrected chi connectivity index (χ3v) is 2.74. The highest BCUT2D eigenvalue weighted by Crippen LogP contribution is 2.11. The van der Waals surface area contributed by atoms with Crippen molar-refractivity contribution in [3.8, 4) is 0 Å². The first-order valence-electron chi connectivity index (χ1n) is 5.90. The molecular formula is C12H18N4. The zero-order valence-electron chi connectivity index (χ0n) is 9.47. The lowest BCUT2D eigenvalue weighted by Gasteiger charge is -2.01. The first-order chi connectivity index (χ1) is 7.92. The average Bonchev–Trinajstić information content (AvgIpc) is 2.73. The lowest BCUT2D eigenvalue weighted by Crippen LogP contribution is -2.01. The van der Waals surface area contributed by atoms with E-state index in [9.17, 15) is 0 Å². The fraction of sp³-hybridized carbons (Fsp3) is 0.500. The summed E-state index contributed by atoms with van der Waals surface area (Å²) in [5.74, 6) is 0. The summed E-state index contributed by atoms with van der Waals surface area (Å²) in [5, 5.41) is 8.28. The molecule has 0 saturated heterocycles. The minimum atomic E-state index is 0.798. The molecule has 4 nitrogen and oxygen atoms in total. The van der Waals surface area contributed by atoms with E-state index in [0.29, 0.717) is 0 Å². The maximum atomic E-state index is 5.45. The minimum Gasteiger partial charge on any atom is -0.330 e. The lowest BCUT2D eigenvalue weighted by atomic mass is 10.2. The highest BCUT2D eigenvalue weighted by Gasteiger charge is 2.01. The van der Waals surface area contributed by atoms with Gasteiger partial charge in [-0.3, -0.25) is 0 Å². The fourth-order valence-corrected chi connectivity index (χ4v) is 1.84. The third kappa shape index (κ3) is 2.58. The SMILES string of the molecule is NCCCCCCn1nnc2ccccc21. The minimum absolute atomic E-state index is 0.798. The molecule has 0 amide bonds. The Labute approximate surface area is 95.4 Å². The second-order valence-electron chi connectivity index (χ2n) is 4.00. The van der Waals surface area contributed by atoms with Gasteiger partial charge >= 0.3 is 0 Å². The molecule has 1 heterocycles. The van der Waals surface area contributed by atoms with Gasteiger partial charge in [-0.25, -0.2) is 4.68 Å². The van der Waals surface area contributed by atoms with E-state index in [-0.39, 0.29) is 0 Å². The van der Waals surface area contributed by atoms with Crippen molar-refractivity contribution in [1.29, 1.82) is 0 Å². The molecule has 0 bridgehead atoms. The van der Waals surface area contributed by atoms with E-state index in [2.05, 4.69) is 16.4 Å². The van der Waals surface area contributed by atoms with Gasteiger partial charge in [0.15, 0.2) is 0 Å². The maximum absolute atomic E-state index is 5.45. The van der Waals surface area contributed by atoms with Gasteiger partial charge in [0.05, 0.1) is 5.52 Å². The van der Waals surface area contributed by atoms with Crippen LogP contribution in [-0.4, -0.2) is 21.5 Å². The van der Waals surface area contributed by atoms with Crippen LogP contribution in [0, 0.1) is 0 Å². The van der Waals surface area contributed by atoms with Crippen LogP contribution in [0.1, 0.15) is 25.7 Å². The molecule has 2 aromatic rings. The normalized spacial score (nSPS) is 11.1. The topological polar surface area (TPSA) is 56.7 Å². The van der Waals surface area contributed by atoms with Crippen LogP contribution in [0.4, 0.5) is 0 Å². The molecule has 2 rings (SSSR count). The highest BCUT2D eigenvalue weighted by atomic mass is 15.4. The number of hydrogen-bond acceptors (Lipinski definition) is 3. The van der Waals surface area contributed by atoms with Crippen molar-refractivity contribution in [3.63, 3.8) is 0 Å². The van der Waals surface area contributed by atoms with E-state index >= 15 is 0 Å². The number of aryl methyl sites for hydroxylation is 1. The van der Waals surface area contributed by atoms with Gasteiger partial charge < -0.3 is 5.73 Å². The van der Waals surface area contributed by atoms with Gasteiger partial charge in [-0.1, -0.05) is 30.2 Å². The van der Waals surface area contributed by atoms with E-state index in [1.807, 2.05) is 22.9 Å². The Bertz CT molecular complexity index is 435. The molecule has 1 aromatic heterocycles. The van der Waals surface area contributed by atoms with Crippen molar-refractivity contribution >= 4 is 11.0 Å². The van der Waals surface area contributed by atoms with E-state index in [1.54, 1.807) is 0 Å². The summed E-state index contributed by atoms with van der Waals surface area (Å²) < 4.78 is 1.98. The number of benzene rings is 1. The third-order valence-electron chi connectivity index (χ3n) is 2.74. The largest absolute Gasteiger partial charge is 0.330 e. The van der Waals surface area contributed by atoms with Gasteiger partial charge in [-0.15, -0.1) is 5.10 Å². The summed E-state index contributed by atoms with van der Waals surface area (Å²) in [7, 11) is 0. The first kappa shape index (κ1) is 11.1. The highest BCUT2D eigenvalue weighted by molar-refractivity contribution is 5.73. The number of unbranched alkanes of at least 4 members (excludes halogenated alkanes) is 3. The molecule has 0 radical (unpaired) electrons. The molecule has 16 heavy (non-hydrogen) atoms. The quantitative estimate of drug-likeness (QED) is 0.754. The van der Waals surface area contributed by atoms with Crippen molar-refractivity contribution in [2.24, 2.45) is 5.73 Å². The summed E-state index contributed by atoms with van der Waals surface area (Å²) >= 11 is 0. The van der Waals surface area contributed by atoms with Crippen molar-refractivity contribution < 1.29 is 0 Å². The molecule has 0 atom stereocenters. The van der Waals surface area contributed by atoms with Gasteiger partial charge in [-0.2, -0.15) is 0 Å². The molecule has 0 aliphatic carbocycles. The Kier molecular flexibility index (Phi) is 3.88. The predicted molar refractivity (Wildman–Crippen MR) is 65.1 cm³/mol. The zero-order valence-corrected chi connectivity index (χ0v) is 9.47. The summed E-state index contributed by atoms with van der Waals surface area (Å²) in [5.41, 5.74) is 7.55. The Morgan fingerprint density at radius 3 is 2.75 bits per heavy atom. The van der Waals surface area contributed by atoms with Gasteiger partial charge in [0.25, 0.3) is 0 Å². The summed E-state index contributed by atoms with van der Waals surface area (Å²) in [6, 6.07) is 8.07. The van der Waals surface area contributed by atoms with Crippen molar-refractivity contribution in [3.05, 3.63) is 24.3 Å². The van der Waals surface area contributed by atoms with Gasteiger partial charge in [-0.05, 0) is 31.5 Å². The smallest absolute Gasteiger partial charge is 0.113 e. The van der Waals surface area contributed by atoms with Crippen LogP contribution >= 0.6 is 0 Å². The van der Waals surface area contributed by atoms with Crippen LogP contribution in [0.15, 0.2) is 24.3 Å². The molecule has 0 aliphatic rings. The number of aromatic nitrogens is 3. The van der Waals surface area contributed by atoms with E-state index < -0.39 is 0 Å². The van der Waals surface area contributed by atoms with Crippen LogP contribution in [0.25, 0.3) is 11.0 Å². The predicted octanol–water partition coefficient (Wildman–Crippen LogP) is 1.95. The second kappa shape index (κ2) is 5.61. The first-order valence-corrected chi connectivity index (χ1v) is 5.90. The summed E-state index contributed by atoms with van der Waals surface area (Å²) in [4.78, 5) is 0. The Morgan fingerprint density at radius 2 is 1.88 bits per heavy atom. The molecule has 0 spiro atoms. The number of nitrogens with two attached hydrogens (primary N) is 1. The Morgan fingerprint density at radius 1 is 1.06 bits per heavy atom. The number of fused-ring (bicyclic) bond motifs is 1. The molecular weight excluding hydrogens is 200 g/mol. The number of rotatable bonds is 6. The maximum Gasteiger partial charge on any atom is 0.113 e. The van der Waals surface area contributed by atoms with E-state index in [0.717, 1.165) is 37.0 Å². The molecule has 2 N–H and O–H groups in total. The lowest BCUT2D eigenvalue weighted by molar-refractivity contribution is 0.535. The van der Waals surface area contributed by atoms with Crippen molar-refractivity contribution in [1.82, 2.24) is 15.0 Å². The van der Waals surface area contributed by atoms with Crippen LogP contribution in [0.3, 0.4) is 0 Å². The van der Waals surface area contributed by atoms with Crippen LogP contribution in [0.5, 0.6) is 0 Å². The molecule has 0 saturated carbocycles. The van der Waals surface area contributed by atoms with E-state index in [4.69, 9.17) is 5.73 Å². The molecule has 1 aromatic carbocycles. The molecule has 86 valence electrons. The van der Waals surface area contributed by atoms with Crippen LogP contribution in [-0.2, 0) is 6.54 Å². The van der Waals surface area contributed by atoms with Crippen molar-refractivity contribution in [2.45, 2.75) is 32.2 Å². The molecule has 0 unspecified atom stereocenters. The zero-order chi connectivity index (χ0) is 11.2. The van der Waals surface area contributed by atoms with Gasteiger partial charge in [0.2, 0.25) is 0 Å². The standard InChI is InChI=1S/C12H18N4/c13-9-5-1-2-6-10-16-12-8-4-3-7-11(12)14-15-16/h3-4,7-8H,1-2,5-6,9-10,13H2. The Balaban J connectivity index is 1.89. The van der Waals surface area contributed by atoms with Gasteiger partial charge in [0.1, 0.15) is 5.52 Å². The summed E-state index contributed by atoms with van der Waals surface area (Å²) in [6.07, 6.45) is 4.69. The van der Waals surface area contributed by atoms with Crippen LogP contribution < -0.4 is 5.73 Å².